The molecule has 2 aliphatic heterocycles. The lowest BCUT2D eigenvalue weighted by molar-refractivity contribution is -0.355. The van der Waals surface area contributed by atoms with Crippen molar-refractivity contribution in [1.29, 1.82) is 0 Å². The average molecular weight is 342 g/mol. The van der Waals surface area contributed by atoms with Crippen molar-refractivity contribution in [2.75, 3.05) is 13.2 Å². The first kappa shape index (κ1) is 18.9. The van der Waals surface area contributed by atoms with Gasteiger partial charge in [0, 0.05) is 0 Å². The van der Waals surface area contributed by atoms with Crippen molar-refractivity contribution in [3.05, 3.63) is 0 Å². The summed E-state index contributed by atoms with van der Waals surface area (Å²) >= 11 is 0. The van der Waals surface area contributed by atoms with Crippen LogP contribution in [0, 0.1) is 0 Å². The van der Waals surface area contributed by atoms with E-state index in [9.17, 15) is 35.7 Å². The molecule has 0 aromatic carbocycles. The molecule has 8 N–H and O–H groups in total. The zero-order valence-corrected chi connectivity index (χ0v) is 12.0. The van der Waals surface area contributed by atoms with Crippen LogP contribution in [0.1, 0.15) is 0 Å². The maximum absolute atomic E-state index is 9.94. The van der Waals surface area contributed by atoms with E-state index in [0.29, 0.717) is 0 Å². The van der Waals surface area contributed by atoms with Gasteiger partial charge in [0.1, 0.15) is 48.8 Å². The minimum absolute atomic E-state index is 0.667. The molecule has 136 valence electrons. The Hall–Kier alpha value is -0.440. The number of hydrogen-bond donors (Lipinski definition) is 8. The van der Waals surface area contributed by atoms with E-state index in [1.165, 1.54) is 0 Å². The Balaban J connectivity index is 2.11. The Morgan fingerprint density at radius 3 is 1.83 bits per heavy atom. The maximum Gasteiger partial charge on any atom is 0.187 e. The quantitative estimate of drug-likeness (QED) is 0.243. The molecular formula is C12H22O11. The predicted molar refractivity (Wildman–Crippen MR) is 68.6 cm³/mol. The molecule has 0 spiro atoms. The summed E-state index contributed by atoms with van der Waals surface area (Å²) in [6, 6.07) is 0. The van der Waals surface area contributed by atoms with Crippen LogP contribution >= 0.6 is 0 Å². The topological polar surface area (TPSA) is 190 Å². The predicted octanol–water partition coefficient (Wildman–Crippen LogP) is -5.40. The van der Waals surface area contributed by atoms with Crippen LogP contribution in [0.25, 0.3) is 0 Å². The molecule has 0 unspecified atom stereocenters. The number of hydrogen-bond acceptors (Lipinski definition) is 11. The standard InChI is InChI=1S/C12H22O11/c13-1-3-5(15)6(16)9(19)12(22-3)23-10-4(2-14)21-11(20)8(18)7(10)17/h3-20H,1-2H2/t3-,4+,5-,6-,7+,8+,9+,10+,11+,12-/m0/s1. The highest BCUT2D eigenvalue weighted by Crippen LogP contribution is 2.28. The zero-order chi connectivity index (χ0) is 17.3. The van der Waals surface area contributed by atoms with Gasteiger partial charge in [0.2, 0.25) is 0 Å². The van der Waals surface area contributed by atoms with Gasteiger partial charge in [-0.05, 0) is 0 Å². The Bertz CT molecular complexity index is 378. The first-order chi connectivity index (χ1) is 10.8. The molecule has 0 aliphatic carbocycles. The molecule has 0 saturated carbocycles. The summed E-state index contributed by atoms with van der Waals surface area (Å²) in [6.45, 7) is -1.35. The highest BCUT2D eigenvalue weighted by Gasteiger charge is 2.50. The summed E-state index contributed by atoms with van der Waals surface area (Å²) < 4.78 is 15.3. The van der Waals surface area contributed by atoms with E-state index in [2.05, 4.69) is 0 Å². The van der Waals surface area contributed by atoms with Gasteiger partial charge >= 0.3 is 0 Å². The molecule has 2 rings (SSSR count). The molecule has 0 aromatic rings. The van der Waals surface area contributed by atoms with E-state index in [0.717, 1.165) is 0 Å². The molecule has 23 heavy (non-hydrogen) atoms. The first-order valence-electron chi connectivity index (χ1n) is 7.08. The lowest BCUT2D eigenvalue weighted by Gasteiger charge is -2.45. The van der Waals surface area contributed by atoms with Gasteiger partial charge < -0.3 is 55.1 Å². The van der Waals surface area contributed by atoms with E-state index < -0.39 is 74.6 Å². The Morgan fingerprint density at radius 2 is 1.26 bits per heavy atom. The van der Waals surface area contributed by atoms with Crippen LogP contribution in [-0.4, -0.2) is 115 Å². The summed E-state index contributed by atoms with van der Waals surface area (Å²) in [6.07, 6.45) is -15.6. The largest absolute Gasteiger partial charge is 0.394 e. The van der Waals surface area contributed by atoms with E-state index in [4.69, 9.17) is 19.3 Å². The molecule has 10 atom stereocenters. The van der Waals surface area contributed by atoms with Crippen LogP contribution in [0.4, 0.5) is 0 Å². The Morgan fingerprint density at radius 1 is 0.652 bits per heavy atom. The number of aliphatic hydroxyl groups excluding tert-OH is 8. The summed E-state index contributed by atoms with van der Waals surface area (Å²) in [4.78, 5) is 0. The molecule has 2 heterocycles. The molecule has 0 radical (unpaired) electrons. The fourth-order valence-electron chi connectivity index (χ4n) is 2.57. The van der Waals surface area contributed by atoms with Crippen molar-refractivity contribution < 1.29 is 55.1 Å². The third-order valence-corrected chi connectivity index (χ3v) is 3.98. The van der Waals surface area contributed by atoms with Gasteiger partial charge in [0.15, 0.2) is 12.6 Å². The second-order valence-corrected chi connectivity index (χ2v) is 5.53. The molecular weight excluding hydrogens is 320 g/mol. The van der Waals surface area contributed by atoms with Crippen LogP contribution in [-0.2, 0) is 14.2 Å². The van der Waals surface area contributed by atoms with E-state index in [1.54, 1.807) is 0 Å². The minimum Gasteiger partial charge on any atom is -0.394 e. The number of ether oxygens (including phenoxy) is 3. The molecule has 11 heteroatoms. The molecule has 2 aliphatic rings. The van der Waals surface area contributed by atoms with Crippen LogP contribution in [0.5, 0.6) is 0 Å². The van der Waals surface area contributed by atoms with E-state index in [1.807, 2.05) is 0 Å². The first-order valence-corrected chi connectivity index (χ1v) is 7.08. The molecule has 2 fully saturated rings. The molecule has 2 saturated heterocycles. The van der Waals surface area contributed by atoms with Crippen molar-refractivity contribution >= 4 is 0 Å². The average Bonchev–Trinajstić information content (AvgIpc) is 2.55. The van der Waals surface area contributed by atoms with Crippen LogP contribution in [0.2, 0.25) is 0 Å². The highest BCUT2D eigenvalue weighted by atomic mass is 16.7. The Kier molecular flexibility index (Phi) is 6.27. The lowest BCUT2D eigenvalue weighted by Crippen LogP contribution is -2.64. The lowest BCUT2D eigenvalue weighted by atomic mass is 9.97. The molecule has 11 nitrogen and oxygen atoms in total. The van der Waals surface area contributed by atoms with Crippen LogP contribution in [0.15, 0.2) is 0 Å². The van der Waals surface area contributed by atoms with Crippen molar-refractivity contribution in [3.8, 4) is 0 Å². The van der Waals surface area contributed by atoms with Gasteiger partial charge in [0.05, 0.1) is 13.2 Å². The monoisotopic (exact) mass is 342 g/mol. The second-order valence-electron chi connectivity index (χ2n) is 5.53. The summed E-state index contributed by atoms with van der Waals surface area (Å²) in [7, 11) is 0. The summed E-state index contributed by atoms with van der Waals surface area (Å²) in [5.74, 6) is 0. The second kappa shape index (κ2) is 7.63. The third kappa shape index (κ3) is 3.65. The van der Waals surface area contributed by atoms with Crippen molar-refractivity contribution in [2.45, 2.75) is 61.4 Å². The van der Waals surface area contributed by atoms with Gasteiger partial charge in [-0.25, -0.2) is 0 Å². The van der Waals surface area contributed by atoms with Gasteiger partial charge in [-0.3, -0.25) is 0 Å². The van der Waals surface area contributed by atoms with E-state index >= 15 is 0 Å². The van der Waals surface area contributed by atoms with Crippen molar-refractivity contribution in [1.82, 2.24) is 0 Å². The minimum atomic E-state index is -1.74. The zero-order valence-electron chi connectivity index (χ0n) is 12.0. The smallest absolute Gasteiger partial charge is 0.187 e. The van der Waals surface area contributed by atoms with Crippen molar-refractivity contribution in [2.24, 2.45) is 0 Å². The van der Waals surface area contributed by atoms with Crippen LogP contribution in [0.3, 0.4) is 0 Å². The van der Waals surface area contributed by atoms with Gasteiger partial charge in [-0.15, -0.1) is 0 Å². The van der Waals surface area contributed by atoms with Gasteiger partial charge in [-0.2, -0.15) is 0 Å². The molecule has 0 amide bonds. The SMILES string of the molecule is OC[C@@H]1O[C@@H](O[C@H]2[C@H](O)[C@@H](O)[C@H](O)O[C@@H]2CO)[C@H](O)[C@@H](O)[C@H]1O. The van der Waals surface area contributed by atoms with Gasteiger partial charge in [-0.1, -0.05) is 0 Å². The summed E-state index contributed by atoms with van der Waals surface area (Å²) in [5.41, 5.74) is 0. The highest BCUT2D eigenvalue weighted by molar-refractivity contribution is 4.93. The number of aliphatic hydroxyl groups is 8. The van der Waals surface area contributed by atoms with E-state index in [-0.39, 0.29) is 0 Å². The molecule has 0 bridgehead atoms. The fourth-order valence-corrected chi connectivity index (χ4v) is 2.57. The Labute approximate surface area is 130 Å². The van der Waals surface area contributed by atoms with Gasteiger partial charge in [0.25, 0.3) is 0 Å². The fraction of sp³-hybridized carbons (Fsp3) is 1.00. The van der Waals surface area contributed by atoms with Crippen molar-refractivity contribution in [3.63, 3.8) is 0 Å². The molecule has 0 aromatic heterocycles. The van der Waals surface area contributed by atoms with Crippen LogP contribution < -0.4 is 0 Å². The number of rotatable bonds is 4. The maximum atomic E-state index is 9.94. The summed E-state index contributed by atoms with van der Waals surface area (Å²) in [5, 5.41) is 76.5. The third-order valence-electron chi connectivity index (χ3n) is 3.98. The normalized spacial score (nSPS) is 51.7.